The molecular weight excluding hydrogens is 230 g/mol. The molecule has 0 aromatic carbocycles. The van der Waals surface area contributed by atoms with Gasteiger partial charge in [0.25, 0.3) is 0 Å². The second-order valence-corrected chi connectivity index (χ2v) is 4.86. The molecule has 1 saturated heterocycles. The highest BCUT2D eigenvalue weighted by Gasteiger charge is 2.29. The lowest BCUT2D eigenvalue weighted by Crippen LogP contribution is -2.27. The summed E-state index contributed by atoms with van der Waals surface area (Å²) in [5.41, 5.74) is 7.67. The van der Waals surface area contributed by atoms with Gasteiger partial charge in [0.15, 0.2) is 5.65 Å². The van der Waals surface area contributed by atoms with Crippen molar-refractivity contribution in [3.8, 4) is 0 Å². The number of rotatable bonds is 2. The second-order valence-electron chi connectivity index (χ2n) is 4.86. The fourth-order valence-corrected chi connectivity index (χ4v) is 2.18. The Balaban J connectivity index is 2.00. The first kappa shape index (κ1) is 11.4. The molecule has 0 spiro atoms. The molecule has 18 heavy (non-hydrogen) atoms. The maximum atomic E-state index is 6.00. The standard InChI is InChI=1S/C12H17N5O/c1-17(2)10-4-3-9-12(15-10)16-11(14-9)7-5-18-6-8(7)13/h3-4,7-8H,5-6,13H2,1-2H3,(H,14,15,16). The Kier molecular flexibility index (Phi) is 2.68. The van der Waals surface area contributed by atoms with E-state index in [0.29, 0.717) is 13.2 Å². The summed E-state index contributed by atoms with van der Waals surface area (Å²) in [7, 11) is 3.92. The van der Waals surface area contributed by atoms with Crippen LogP contribution in [-0.4, -0.2) is 48.3 Å². The van der Waals surface area contributed by atoms with Crippen molar-refractivity contribution in [1.29, 1.82) is 0 Å². The first-order valence-corrected chi connectivity index (χ1v) is 6.02. The van der Waals surface area contributed by atoms with Gasteiger partial charge in [-0.05, 0) is 12.1 Å². The van der Waals surface area contributed by atoms with Crippen molar-refractivity contribution in [3.63, 3.8) is 0 Å². The van der Waals surface area contributed by atoms with Crippen LogP contribution in [0.5, 0.6) is 0 Å². The van der Waals surface area contributed by atoms with Crippen LogP contribution in [-0.2, 0) is 4.74 Å². The molecule has 96 valence electrons. The number of hydrogen-bond acceptors (Lipinski definition) is 5. The number of aromatic amines is 1. The fraction of sp³-hybridized carbons (Fsp3) is 0.500. The third kappa shape index (κ3) is 1.83. The van der Waals surface area contributed by atoms with E-state index in [1.54, 1.807) is 0 Å². The zero-order valence-corrected chi connectivity index (χ0v) is 10.6. The van der Waals surface area contributed by atoms with Gasteiger partial charge in [-0.2, -0.15) is 0 Å². The van der Waals surface area contributed by atoms with Gasteiger partial charge in [-0.3, -0.25) is 0 Å². The maximum Gasteiger partial charge on any atom is 0.179 e. The molecule has 2 unspecified atom stereocenters. The van der Waals surface area contributed by atoms with Crippen LogP contribution in [0.25, 0.3) is 11.2 Å². The minimum atomic E-state index is 0.0129. The molecular formula is C12H17N5O. The Hall–Kier alpha value is -1.66. The minimum Gasteiger partial charge on any atom is -0.379 e. The number of hydrogen-bond donors (Lipinski definition) is 2. The first-order chi connectivity index (χ1) is 8.65. The van der Waals surface area contributed by atoms with Crippen LogP contribution < -0.4 is 10.6 Å². The van der Waals surface area contributed by atoms with Crippen LogP contribution in [0.15, 0.2) is 12.1 Å². The molecule has 2 aromatic heterocycles. The quantitative estimate of drug-likeness (QED) is 0.806. The van der Waals surface area contributed by atoms with E-state index in [2.05, 4.69) is 15.0 Å². The van der Waals surface area contributed by atoms with Crippen LogP contribution >= 0.6 is 0 Å². The molecule has 0 aliphatic carbocycles. The molecule has 0 bridgehead atoms. The third-order valence-electron chi connectivity index (χ3n) is 3.28. The molecule has 2 aromatic rings. The number of H-pyrrole nitrogens is 1. The predicted octanol–water partition coefficient (Wildman–Crippen LogP) is 0.465. The fourth-order valence-electron chi connectivity index (χ4n) is 2.18. The lowest BCUT2D eigenvalue weighted by Gasteiger charge is -2.09. The largest absolute Gasteiger partial charge is 0.379 e. The molecule has 0 radical (unpaired) electrons. The van der Waals surface area contributed by atoms with E-state index in [-0.39, 0.29) is 12.0 Å². The molecule has 1 aliphatic heterocycles. The van der Waals surface area contributed by atoms with Crippen molar-refractivity contribution in [2.75, 3.05) is 32.2 Å². The lowest BCUT2D eigenvalue weighted by atomic mass is 10.0. The minimum absolute atomic E-state index is 0.0129. The van der Waals surface area contributed by atoms with E-state index in [0.717, 1.165) is 22.8 Å². The Morgan fingerprint density at radius 1 is 1.33 bits per heavy atom. The van der Waals surface area contributed by atoms with Gasteiger partial charge in [0.1, 0.15) is 11.6 Å². The summed E-state index contributed by atoms with van der Waals surface area (Å²) >= 11 is 0. The van der Waals surface area contributed by atoms with E-state index < -0.39 is 0 Å². The van der Waals surface area contributed by atoms with E-state index >= 15 is 0 Å². The van der Waals surface area contributed by atoms with Gasteiger partial charge in [0, 0.05) is 20.1 Å². The van der Waals surface area contributed by atoms with Gasteiger partial charge in [0.2, 0.25) is 0 Å². The smallest absolute Gasteiger partial charge is 0.179 e. The number of ether oxygens (including phenoxy) is 1. The number of fused-ring (bicyclic) bond motifs is 1. The van der Waals surface area contributed by atoms with E-state index in [4.69, 9.17) is 10.5 Å². The SMILES string of the molecule is CN(C)c1ccc2[nH]c(C3COCC3N)nc2n1. The number of pyridine rings is 1. The maximum absolute atomic E-state index is 6.00. The Morgan fingerprint density at radius 2 is 2.17 bits per heavy atom. The van der Waals surface area contributed by atoms with Gasteiger partial charge in [-0.25, -0.2) is 9.97 Å². The summed E-state index contributed by atoms with van der Waals surface area (Å²) in [5, 5.41) is 0. The van der Waals surface area contributed by atoms with E-state index in [1.165, 1.54) is 0 Å². The molecule has 3 rings (SSSR count). The molecule has 2 atom stereocenters. The average Bonchev–Trinajstić information content (AvgIpc) is 2.92. The van der Waals surface area contributed by atoms with Crippen molar-refractivity contribution in [3.05, 3.63) is 18.0 Å². The monoisotopic (exact) mass is 247 g/mol. The highest BCUT2D eigenvalue weighted by atomic mass is 16.5. The topological polar surface area (TPSA) is 80.1 Å². The second kappa shape index (κ2) is 4.22. The molecule has 6 nitrogen and oxygen atoms in total. The van der Waals surface area contributed by atoms with Crippen molar-refractivity contribution < 1.29 is 4.74 Å². The normalized spacial score (nSPS) is 23.7. The van der Waals surface area contributed by atoms with Crippen LogP contribution in [0, 0.1) is 0 Å². The van der Waals surface area contributed by atoms with Crippen molar-refractivity contribution in [2.45, 2.75) is 12.0 Å². The summed E-state index contributed by atoms with van der Waals surface area (Å²) in [5.74, 6) is 1.91. The summed E-state index contributed by atoms with van der Waals surface area (Å²) < 4.78 is 5.37. The Labute approximate surface area is 105 Å². The average molecular weight is 247 g/mol. The van der Waals surface area contributed by atoms with Gasteiger partial charge in [0.05, 0.1) is 24.6 Å². The highest BCUT2D eigenvalue weighted by molar-refractivity contribution is 5.73. The van der Waals surface area contributed by atoms with E-state index in [1.807, 2.05) is 31.1 Å². The van der Waals surface area contributed by atoms with E-state index in [9.17, 15) is 0 Å². The molecule has 1 fully saturated rings. The predicted molar refractivity (Wildman–Crippen MR) is 69.8 cm³/mol. The van der Waals surface area contributed by atoms with Crippen molar-refractivity contribution in [1.82, 2.24) is 15.0 Å². The van der Waals surface area contributed by atoms with Crippen molar-refractivity contribution in [2.24, 2.45) is 5.73 Å². The Morgan fingerprint density at radius 3 is 2.83 bits per heavy atom. The van der Waals surface area contributed by atoms with Gasteiger partial charge in [-0.15, -0.1) is 0 Å². The zero-order valence-electron chi connectivity index (χ0n) is 10.6. The summed E-state index contributed by atoms with van der Waals surface area (Å²) in [6.45, 7) is 1.22. The van der Waals surface area contributed by atoms with Gasteiger partial charge < -0.3 is 20.4 Å². The van der Waals surface area contributed by atoms with Crippen LogP contribution in [0.4, 0.5) is 5.82 Å². The molecule has 3 heterocycles. The molecule has 1 aliphatic rings. The van der Waals surface area contributed by atoms with Crippen LogP contribution in [0.1, 0.15) is 11.7 Å². The Bertz CT molecular complexity index is 565. The number of aromatic nitrogens is 3. The molecule has 0 amide bonds. The number of nitrogens with one attached hydrogen (secondary N) is 1. The van der Waals surface area contributed by atoms with Gasteiger partial charge >= 0.3 is 0 Å². The third-order valence-corrected chi connectivity index (χ3v) is 3.28. The zero-order chi connectivity index (χ0) is 12.7. The highest BCUT2D eigenvalue weighted by Crippen LogP contribution is 2.24. The summed E-state index contributed by atoms with van der Waals surface area (Å²) in [6, 6.07) is 3.98. The molecule has 0 saturated carbocycles. The number of anilines is 1. The van der Waals surface area contributed by atoms with Crippen molar-refractivity contribution >= 4 is 17.0 Å². The van der Waals surface area contributed by atoms with Crippen LogP contribution in [0.3, 0.4) is 0 Å². The molecule has 6 heteroatoms. The van der Waals surface area contributed by atoms with Gasteiger partial charge in [-0.1, -0.05) is 0 Å². The molecule has 3 N–H and O–H groups in total. The number of nitrogens with two attached hydrogens (primary N) is 1. The lowest BCUT2D eigenvalue weighted by molar-refractivity contribution is 0.190. The number of imidazole rings is 1. The number of nitrogens with zero attached hydrogens (tertiary/aromatic N) is 3. The first-order valence-electron chi connectivity index (χ1n) is 6.02. The summed E-state index contributed by atoms with van der Waals surface area (Å²) in [6.07, 6.45) is 0. The van der Waals surface area contributed by atoms with Crippen LogP contribution in [0.2, 0.25) is 0 Å². The summed E-state index contributed by atoms with van der Waals surface area (Å²) in [4.78, 5) is 14.3.